The number of ether oxygens (including phenoxy) is 1. The number of aromatic nitrogens is 2. The molecule has 0 aliphatic carbocycles. The number of rotatable bonds is 6. The molecule has 0 atom stereocenters. The first-order valence-electron chi connectivity index (χ1n) is 10.5. The van der Waals surface area contributed by atoms with Crippen molar-refractivity contribution in [1.29, 1.82) is 0 Å². The first kappa shape index (κ1) is 19.1. The third-order valence-electron chi connectivity index (χ3n) is 5.73. The fourth-order valence-corrected chi connectivity index (χ4v) is 4.11. The van der Waals surface area contributed by atoms with Crippen molar-refractivity contribution in [1.82, 2.24) is 20.2 Å². The molecule has 2 aromatic heterocycles. The number of aromatic amines is 1. The first-order chi connectivity index (χ1) is 14.8. The maximum atomic E-state index is 10.4. The average Bonchev–Trinajstić information content (AvgIpc) is 3.12. The molecular weight excluding hydrogens is 376 g/mol. The third kappa shape index (κ3) is 3.89. The van der Waals surface area contributed by atoms with E-state index in [1.165, 1.54) is 5.56 Å². The summed E-state index contributed by atoms with van der Waals surface area (Å²) in [5.74, 6) is 0.157. The van der Waals surface area contributed by atoms with E-state index in [1.807, 2.05) is 30.3 Å². The highest BCUT2D eigenvalue weighted by molar-refractivity contribution is 5.99. The number of aromatic hydroxyl groups is 1. The molecule has 0 radical (unpaired) electrons. The molecule has 6 nitrogen and oxygen atoms in total. The van der Waals surface area contributed by atoms with Gasteiger partial charge in [0.2, 0.25) is 0 Å². The maximum absolute atomic E-state index is 10.4. The molecule has 0 spiro atoms. The van der Waals surface area contributed by atoms with Crippen LogP contribution < -0.4 is 5.32 Å². The van der Waals surface area contributed by atoms with Crippen LogP contribution in [0.2, 0.25) is 0 Å². The molecule has 1 aliphatic heterocycles. The zero-order valence-electron chi connectivity index (χ0n) is 16.9. The molecule has 0 unspecified atom stereocenters. The van der Waals surface area contributed by atoms with Crippen LogP contribution in [-0.2, 0) is 11.3 Å². The highest BCUT2D eigenvalue weighted by Gasteiger charge is 2.14. The van der Waals surface area contributed by atoms with Gasteiger partial charge in [0.05, 0.1) is 30.0 Å². The number of nitrogens with one attached hydrogen (secondary N) is 2. The van der Waals surface area contributed by atoms with E-state index in [1.54, 1.807) is 0 Å². The highest BCUT2D eigenvalue weighted by Crippen LogP contribution is 2.36. The van der Waals surface area contributed by atoms with E-state index >= 15 is 0 Å². The second-order valence-corrected chi connectivity index (χ2v) is 7.75. The SMILES string of the molecule is Oc1[nH]c2ccccc2c1-c1ccc2cc(CNCCN3CCOCC3)ccc2n1. The number of benzene rings is 2. The number of morpholine rings is 1. The Morgan fingerprint density at radius 3 is 2.83 bits per heavy atom. The van der Waals surface area contributed by atoms with Crippen LogP contribution in [0.3, 0.4) is 0 Å². The number of nitrogens with zero attached hydrogens (tertiary/aromatic N) is 2. The van der Waals surface area contributed by atoms with Gasteiger partial charge in [0.15, 0.2) is 5.88 Å². The minimum atomic E-state index is 0.157. The summed E-state index contributed by atoms with van der Waals surface area (Å²) in [4.78, 5) is 10.3. The Labute approximate surface area is 175 Å². The summed E-state index contributed by atoms with van der Waals surface area (Å²) in [6.45, 7) is 6.59. The maximum Gasteiger partial charge on any atom is 0.199 e. The molecule has 5 rings (SSSR count). The quantitative estimate of drug-likeness (QED) is 0.431. The van der Waals surface area contributed by atoms with Crippen molar-refractivity contribution in [3.63, 3.8) is 0 Å². The second-order valence-electron chi connectivity index (χ2n) is 7.75. The van der Waals surface area contributed by atoms with Gasteiger partial charge in [-0.25, -0.2) is 4.98 Å². The predicted molar refractivity (Wildman–Crippen MR) is 120 cm³/mol. The van der Waals surface area contributed by atoms with Crippen LogP contribution in [0.1, 0.15) is 5.56 Å². The third-order valence-corrected chi connectivity index (χ3v) is 5.73. The lowest BCUT2D eigenvalue weighted by molar-refractivity contribution is 0.0384. The first-order valence-corrected chi connectivity index (χ1v) is 10.5. The molecule has 3 heterocycles. The van der Waals surface area contributed by atoms with Crippen LogP contribution in [0.4, 0.5) is 0 Å². The molecule has 6 heteroatoms. The molecule has 0 saturated carbocycles. The van der Waals surface area contributed by atoms with Crippen molar-refractivity contribution in [3.05, 3.63) is 60.2 Å². The summed E-state index contributed by atoms with van der Waals surface area (Å²) in [6.07, 6.45) is 0. The lowest BCUT2D eigenvalue weighted by atomic mass is 10.1. The number of para-hydroxylation sites is 1. The minimum Gasteiger partial charge on any atom is -0.494 e. The van der Waals surface area contributed by atoms with Gasteiger partial charge >= 0.3 is 0 Å². The monoisotopic (exact) mass is 402 g/mol. The van der Waals surface area contributed by atoms with Crippen molar-refractivity contribution >= 4 is 21.8 Å². The van der Waals surface area contributed by atoms with Crippen LogP contribution in [-0.4, -0.2) is 59.4 Å². The fraction of sp³-hybridized carbons (Fsp3) is 0.292. The summed E-state index contributed by atoms with van der Waals surface area (Å²) in [7, 11) is 0. The minimum absolute atomic E-state index is 0.157. The molecule has 154 valence electrons. The van der Waals surface area contributed by atoms with Gasteiger partial charge in [-0.2, -0.15) is 0 Å². The molecule has 2 aromatic carbocycles. The van der Waals surface area contributed by atoms with Gasteiger partial charge in [0.1, 0.15) is 0 Å². The lowest BCUT2D eigenvalue weighted by Gasteiger charge is -2.26. The Bertz CT molecular complexity index is 1160. The van der Waals surface area contributed by atoms with Crippen LogP contribution in [0.25, 0.3) is 33.1 Å². The van der Waals surface area contributed by atoms with Gasteiger partial charge in [0.25, 0.3) is 0 Å². The fourth-order valence-electron chi connectivity index (χ4n) is 4.11. The molecular formula is C24H26N4O2. The number of hydrogen-bond acceptors (Lipinski definition) is 5. The topological polar surface area (TPSA) is 73.4 Å². The summed E-state index contributed by atoms with van der Waals surface area (Å²) < 4.78 is 5.39. The molecule has 1 saturated heterocycles. The largest absolute Gasteiger partial charge is 0.494 e. The van der Waals surface area contributed by atoms with E-state index in [4.69, 9.17) is 9.72 Å². The molecule has 0 bridgehead atoms. The van der Waals surface area contributed by atoms with Crippen LogP contribution >= 0.6 is 0 Å². The summed E-state index contributed by atoms with van der Waals surface area (Å²) in [5.41, 5.74) is 4.60. The summed E-state index contributed by atoms with van der Waals surface area (Å²) in [5, 5.41) is 16.0. The Morgan fingerprint density at radius 1 is 1.07 bits per heavy atom. The number of pyridine rings is 1. The smallest absolute Gasteiger partial charge is 0.199 e. The van der Waals surface area contributed by atoms with Crippen LogP contribution in [0.5, 0.6) is 5.88 Å². The van der Waals surface area contributed by atoms with Crippen molar-refractivity contribution in [3.8, 4) is 17.1 Å². The van der Waals surface area contributed by atoms with Gasteiger partial charge in [-0.1, -0.05) is 30.3 Å². The predicted octanol–water partition coefficient (Wildman–Crippen LogP) is 3.51. The second kappa shape index (κ2) is 8.44. The lowest BCUT2D eigenvalue weighted by Crippen LogP contribution is -2.40. The van der Waals surface area contributed by atoms with E-state index in [0.29, 0.717) is 0 Å². The van der Waals surface area contributed by atoms with Crippen LogP contribution in [0, 0.1) is 0 Å². The Morgan fingerprint density at radius 2 is 1.93 bits per heavy atom. The molecule has 3 N–H and O–H groups in total. The van der Waals surface area contributed by atoms with Gasteiger partial charge in [-0.3, -0.25) is 4.90 Å². The number of hydrogen-bond donors (Lipinski definition) is 3. The Kier molecular flexibility index (Phi) is 5.36. The molecule has 4 aromatic rings. The Hall–Kier alpha value is -2.93. The summed E-state index contributed by atoms with van der Waals surface area (Å²) >= 11 is 0. The Balaban J connectivity index is 1.30. The molecule has 1 fully saturated rings. The van der Waals surface area contributed by atoms with Gasteiger partial charge in [0, 0.05) is 49.0 Å². The van der Waals surface area contributed by atoms with Gasteiger partial charge in [-0.05, 0) is 29.8 Å². The van der Waals surface area contributed by atoms with E-state index in [0.717, 1.165) is 79.0 Å². The van der Waals surface area contributed by atoms with Crippen molar-refractivity contribution in [2.45, 2.75) is 6.54 Å². The zero-order chi connectivity index (χ0) is 20.3. The van der Waals surface area contributed by atoms with Crippen LogP contribution in [0.15, 0.2) is 54.6 Å². The normalized spacial score (nSPS) is 15.2. The molecule has 1 aliphatic rings. The molecule has 0 amide bonds. The van der Waals surface area contributed by atoms with E-state index in [9.17, 15) is 5.11 Å². The van der Waals surface area contributed by atoms with E-state index in [-0.39, 0.29) is 5.88 Å². The van der Waals surface area contributed by atoms with E-state index in [2.05, 4.69) is 39.5 Å². The number of H-pyrrole nitrogens is 1. The average molecular weight is 402 g/mol. The van der Waals surface area contributed by atoms with Gasteiger partial charge < -0.3 is 20.1 Å². The van der Waals surface area contributed by atoms with E-state index < -0.39 is 0 Å². The summed E-state index contributed by atoms with van der Waals surface area (Å²) in [6, 6.07) is 18.3. The van der Waals surface area contributed by atoms with Crippen molar-refractivity contribution in [2.75, 3.05) is 39.4 Å². The highest BCUT2D eigenvalue weighted by atomic mass is 16.5. The zero-order valence-corrected chi connectivity index (χ0v) is 16.9. The van der Waals surface area contributed by atoms with Crippen molar-refractivity contribution < 1.29 is 9.84 Å². The van der Waals surface area contributed by atoms with Gasteiger partial charge in [-0.15, -0.1) is 0 Å². The van der Waals surface area contributed by atoms with Crippen molar-refractivity contribution in [2.24, 2.45) is 0 Å². The standard InChI is InChI=1S/C24H26N4O2/c29-24-23(19-3-1-2-4-21(19)27-24)22-8-6-18-15-17(5-7-20(18)26-22)16-25-9-10-28-11-13-30-14-12-28/h1-8,15,25,27,29H,9-14,16H2. The number of fused-ring (bicyclic) bond motifs is 2. The molecule has 30 heavy (non-hydrogen) atoms.